The van der Waals surface area contributed by atoms with Crippen LogP contribution in [-0.4, -0.2) is 37.3 Å². The summed E-state index contributed by atoms with van der Waals surface area (Å²) in [4.78, 5) is 13.2. The minimum atomic E-state index is -0.157. The van der Waals surface area contributed by atoms with Crippen LogP contribution < -0.4 is 20.1 Å². The molecule has 0 saturated carbocycles. The van der Waals surface area contributed by atoms with Gasteiger partial charge in [0, 0.05) is 37.9 Å². The Labute approximate surface area is 227 Å². The zero-order chi connectivity index (χ0) is 24.9. The molecule has 9 heteroatoms. The molecule has 5 rings (SSSR count). The maximum Gasteiger partial charge on any atom is 0.272 e. The average molecular weight is 542 g/mol. The van der Waals surface area contributed by atoms with E-state index in [9.17, 15) is 4.79 Å². The van der Waals surface area contributed by atoms with Crippen molar-refractivity contribution >= 4 is 45.6 Å². The smallest absolute Gasteiger partial charge is 0.272 e. The van der Waals surface area contributed by atoms with Crippen molar-refractivity contribution in [3.8, 4) is 11.5 Å². The number of aryl methyl sites for hydroxylation is 1. The van der Waals surface area contributed by atoms with Crippen LogP contribution in [0.2, 0.25) is 0 Å². The van der Waals surface area contributed by atoms with Crippen molar-refractivity contribution < 1.29 is 19.0 Å². The fraction of sp³-hybridized carbons (Fsp3) is 0.321. The normalized spacial score (nSPS) is 14.9. The minimum Gasteiger partial charge on any atom is -0.493 e. The summed E-state index contributed by atoms with van der Waals surface area (Å²) >= 11 is 1.63. The van der Waals surface area contributed by atoms with E-state index in [2.05, 4.69) is 10.6 Å². The maximum absolute atomic E-state index is 13.2. The second-order valence-corrected chi connectivity index (χ2v) is 9.97. The van der Waals surface area contributed by atoms with E-state index in [1.165, 1.54) is 0 Å². The van der Waals surface area contributed by atoms with Crippen LogP contribution in [0.1, 0.15) is 28.0 Å². The van der Waals surface area contributed by atoms with Gasteiger partial charge in [0.05, 0.1) is 23.4 Å². The maximum atomic E-state index is 13.2. The number of nitrogens with one attached hydrogen (secondary N) is 2. The molecule has 0 radical (unpaired) electrons. The molecule has 37 heavy (non-hydrogen) atoms. The Morgan fingerprint density at radius 3 is 2.59 bits per heavy atom. The summed E-state index contributed by atoms with van der Waals surface area (Å²) in [6.07, 6.45) is 1.16. The third kappa shape index (κ3) is 6.27. The zero-order valence-electron chi connectivity index (χ0n) is 21.0. The lowest BCUT2D eigenvalue weighted by molar-refractivity contribution is 0.101. The molecular weight excluding hydrogens is 510 g/mol. The van der Waals surface area contributed by atoms with Gasteiger partial charge in [-0.05, 0) is 66.4 Å². The van der Waals surface area contributed by atoms with Gasteiger partial charge in [-0.3, -0.25) is 4.79 Å². The number of methoxy groups -OCH3 is 1. The molecule has 2 aromatic carbocycles. The highest BCUT2D eigenvalue weighted by Crippen LogP contribution is 2.28. The Balaban J connectivity index is 0.00000320. The first-order valence-corrected chi connectivity index (χ1v) is 13.0. The van der Waals surface area contributed by atoms with Crippen molar-refractivity contribution in [1.29, 1.82) is 0 Å². The molecule has 1 fully saturated rings. The number of benzene rings is 2. The van der Waals surface area contributed by atoms with E-state index in [0.717, 1.165) is 59.0 Å². The van der Waals surface area contributed by atoms with Crippen molar-refractivity contribution in [3.63, 3.8) is 0 Å². The van der Waals surface area contributed by atoms with Crippen LogP contribution in [0.3, 0.4) is 0 Å². The molecule has 0 spiro atoms. The molecular formula is C28H32ClN3O4S. The number of halogens is 1. The van der Waals surface area contributed by atoms with E-state index in [-0.39, 0.29) is 18.3 Å². The Morgan fingerprint density at radius 1 is 1.11 bits per heavy atom. The number of rotatable bonds is 10. The first-order chi connectivity index (χ1) is 17.6. The molecule has 2 N–H and O–H groups in total. The third-order valence-electron chi connectivity index (χ3n) is 6.57. The van der Waals surface area contributed by atoms with Crippen LogP contribution in [0.4, 0.5) is 5.69 Å². The van der Waals surface area contributed by atoms with Crippen molar-refractivity contribution in [2.24, 2.45) is 13.0 Å². The molecule has 0 aliphatic carbocycles. The highest BCUT2D eigenvalue weighted by molar-refractivity contribution is 7.17. The van der Waals surface area contributed by atoms with Crippen LogP contribution in [-0.2, 0) is 25.0 Å². The summed E-state index contributed by atoms with van der Waals surface area (Å²) in [5, 5.41) is 8.48. The number of carbonyl (C=O) groups is 1. The fourth-order valence-electron chi connectivity index (χ4n) is 4.53. The van der Waals surface area contributed by atoms with Crippen LogP contribution in [0.25, 0.3) is 10.2 Å². The van der Waals surface area contributed by atoms with Gasteiger partial charge in [-0.25, -0.2) is 0 Å². The van der Waals surface area contributed by atoms with Gasteiger partial charge < -0.3 is 29.4 Å². The van der Waals surface area contributed by atoms with Crippen molar-refractivity contribution in [2.75, 3.05) is 32.1 Å². The van der Waals surface area contributed by atoms with E-state index >= 15 is 0 Å². The molecule has 1 aliphatic rings. The molecule has 1 amide bonds. The molecule has 4 aromatic rings. The summed E-state index contributed by atoms with van der Waals surface area (Å²) in [5.41, 5.74) is 4.23. The van der Waals surface area contributed by atoms with E-state index in [4.69, 9.17) is 14.2 Å². The number of nitrogens with zero attached hydrogens (tertiary/aromatic N) is 1. The lowest BCUT2D eigenvalue weighted by atomic mass is 10.1. The number of carbonyl (C=O) groups excluding carboxylic acids is 1. The molecule has 1 atom stereocenters. The number of ether oxygens (including phenoxy) is 3. The summed E-state index contributed by atoms with van der Waals surface area (Å²) < 4.78 is 20.5. The first kappa shape index (κ1) is 27.0. The molecule has 0 bridgehead atoms. The number of hydrogen-bond donors (Lipinski definition) is 2. The topological polar surface area (TPSA) is 73.8 Å². The quantitative estimate of drug-likeness (QED) is 0.272. The largest absolute Gasteiger partial charge is 0.493 e. The van der Waals surface area contributed by atoms with Gasteiger partial charge in [0.2, 0.25) is 0 Å². The van der Waals surface area contributed by atoms with Gasteiger partial charge in [0.1, 0.15) is 23.8 Å². The summed E-state index contributed by atoms with van der Waals surface area (Å²) in [6.45, 7) is 3.52. The average Bonchev–Trinajstić information content (AvgIpc) is 3.63. The predicted octanol–water partition coefficient (Wildman–Crippen LogP) is 5.63. The molecule has 1 saturated heterocycles. The van der Waals surface area contributed by atoms with E-state index < -0.39 is 0 Å². The van der Waals surface area contributed by atoms with Crippen molar-refractivity contribution in [1.82, 2.24) is 9.88 Å². The van der Waals surface area contributed by atoms with Crippen LogP contribution >= 0.6 is 23.7 Å². The van der Waals surface area contributed by atoms with Gasteiger partial charge in [-0.1, -0.05) is 12.1 Å². The van der Waals surface area contributed by atoms with E-state index in [0.29, 0.717) is 30.5 Å². The van der Waals surface area contributed by atoms with E-state index in [1.54, 1.807) is 18.4 Å². The van der Waals surface area contributed by atoms with Gasteiger partial charge in [0.25, 0.3) is 5.91 Å². The monoisotopic (exact) mass is 541 g/mol. The molecule has 1 aliphatic heterocycles. The Bertz CT molecular complexity index is 1330. The highest BCUT2D eigenvalue weighted by atomic mass is 35.5. The Hall–Kier alpha value is -3.04. The number of hydrogen-bond acceptors (Lipinski definition) is 6. The standard InChI is InChI=1S/C28H31N3O4S.ClH/c1-31-25-11-13-36-27(25)14-26(31)28(32)30-24-5-3-4-20(17-33-2)23(24)18-35-22-8-6-21(7-9-22)34-16-19-10-12-29-15-19;/h3-9,11,13-14,19,29H,10,12,15-18H2,1-2H3,(H,30,32);1H/t19-;/m1./s1. The number of aromatic nitrogens is 1. The van der Waals surface area contributed by atoms with Gasteiger partial charge in [0.15, 0.2) is 0 Å². The molecule has 196 valence electrons. The number of thiophene rings is 1. The lowest BCUT2D eigenvalue weighted by Crippen LogP contribution is -2.18. The predicted molar refractivity (Wildman–Crippen MR) is 150 cm³/mol. The fourth-order valence-corrected chi connectivity index (χ4v) is 5.37. The van der Waals surface area contributed by atoms with Gasteiger partial charge in [-0.15, -0.1) is 23.7 Å². The van der Waals surface area contributed by atoms with Crippen LogP contribution in [0.15, 0.2) is 60.0 Å². The Kier molecular flexibility index (Phi) is 9.10. The molecule has 2 aromatic heterocycles. The molecule has 0 unspecified atom stereocenters. The minimum absolute atomic E-state index is 0. The van der Waals surface area contributed by atoms with Crippen molar-refractivity contribution in [3.05, 3.63) is 76.8 Å². The van der Waals surface area contributed by atoms with Crippen LogP contribution in [0.5, 0.6) is 11.5 Å². The second-order valence-electron chi connectivity index (χ2n) is 9.02. The SMILES string of the molecule is COCc1cccc(NC(=O)c2cc3sccc3n2C)c1COc1ccc(OC[C@@H]2CCNC2)cc1.Cl. The first-order valence-electron chi connectivity index (χ1n) is 12.1. The zero-order valence-corrected chi connectivity index (χ0v) is 22.6. The number of fused-ring (bicyclic) bond motifs is 1. The lowest BCUT2D eigenvalue weighted by Gasteiger charge is -2.17. The summed E-state index contributed by atoms with van der Waals surface area (Å²) in [7, 11) is 3.57. The number of anilines is 1. The highest BCUT2D eigenvalue weighted by Gasteiger charge is 2.18. The van der Waals surface area contributed by atoms with E-state index in [1.807, 2.05) is 71.6 Å². The van der Waals surface area contributed by atoms with Gasteiger partial charge >= 0.3 is 0 Å². The van der Waals surface area contributed by atoms with Gasteiger partial charge in [-0.2, -0.15) is 0 Å². The Morgan fingerprint density at radius 2 is 1.89 bits per heavy atom. The number of amides is 1. The third-order valence-corrected chi connectivity index (χ3v) is 7.43. The second kappa shape index (κ2) is 12.5. The van der Waals surface area contributed by atoms with Crippen molar-refractivity contribution in [2.45, 2.75) is 19.6 Å². The molecule has 7 nitrogen and oxygen atoms in total. The van der Waals surface area contributed by atoms with Crippen LogP contribution in [0, 0.1) is 5.92 Å². The summed E-state index contributed by atoms with van der Waals surface area (Å²) in [6, 6.07) is 17.5. The summed E-state index contributed by atoms with van der Waals surface area (Å²) in [5.74, 6) is 1.98. The molecule has 3 heterocycles.